The van der Waals surface area contributed by atoms with E-state index in [1.54, 1.807) is 0 Å². The van der Waals surface area contributed by atoms with Crippen LogP contribution in [0.25, 0.3) is 0 Å². The molecule has 3 atom stereocenters. The lowest BCUT2D eigenvalue weighted by Gasteiger charge is -2.42. The monoisotopic (exact) mass is 469 g/mol. The number of likely N-dealkylation sites (tertiary alicyclic amines) is 1. The molecular weight excluding hydrogens is 443 g/mol. The first kappa shape index (κ1) is 23.1. The molecule has 4 rings (SSSR count). The fourth-order valence-electron chi connectivity index (χ4n) is 5.30. The number of carbonyl (C=O) groups is 2. The van der Waals surface area contributed by atoms with Crippen LogP contribution in [0.15, 0.2) is 30.4 Å². The van der Waals surface area contributed by atoms with Gasteiger partial charge >= 0.3 is 12.1 Å². The first-order valence-electron chi connectivity index (χ1n) is 11.3. The lowest BCUT2D eigenvalue weighted by atomic mass is 9.71. The van der Waals surface area contributed by atoms with Gasteiger partial charge in [0.2, 0.25) is 5.91 Å². The van der Waals surface area contributed by atoms with Gasteiger partial charge in [-0.25, -0.2) is 0 Å². The van der Waals surface area contributed by atoms with E-state index in [0.717, 1.165) is 37.9 Å². The number of hydrogen-bond donors (Lipinski definition) is 0. The van der Waals surface area contributed by atoms with Crippen molar-refractivity contribution in [3.05, 3.63) is 40.9 Å². The van der Waals surface area contributed by atoms with Crippen molar-refractivity contribution >= 4 is 23.5 Å². The van der Waals surface area contributed by atoms with Crippen LogP contribution in [0.2, 0.25) is 5.02 Å². The van der Waals surface area contributed by atoms with Gasteiger partial charge in [0.1, 0.15) is 5.75 Å². The number of nitrogens with zero attached hydrogens (tertiary/aromatic N) is 1. The van der Waals surface area contributed by atoms with Crippen molar-refractivity contribution in [3.8, 4) is 5.75 Å². The molecule has 1 heterocycles. The summed E-state index contributed by atoms with van der Waals surface area (Å²) in [6, 6.07) is 3.03. The van der Waals surface area contributed by atoms with E-state index in [0.29, 0.717) is 18.9 Å². The van der Waals surface area contributed by atoms with Crippen molar-refractivity contribution in [2.75, 3.05) is 13.1 Å². The zero-order chi connectivity index (χ0) is 22.9. The number of esters is 1. The average Bonchev–Trinajstić information content (AvgIpc) is 2.76. The molecule has 8 heteroatoms. The second-order valence-corrected chi connectivity index (χ2v) is 9.50. The molecule has 0 aromatic heterocycles. The fraction of sp³-hybridized carbons (Fsp3) is 0.583. The number of amides is 1. The van der Waals surface area contributed by atoms with Crippen LogP contribution in [-0.2, 0) is 15.8 Å². The Balaban J connectivity index is 1.48. The van der Waals surface area contributed by atoms with Crippen molar-refractivity contribution < 1.29 is 27.5 Å². The highest BCUT2D eigenvalue weighted by Crippen LogP contribution is 2.40. The molecule has 0 bridgehead atoms. The second kappa shape index (κ2) is 9.46. The van der Waals surface area contributed by atoms with Gasteiger partial charge < -0.3 is 9.64 Å². The zero-order valence-corrected chi connectivity index (χ0v) is 18.5. The van der Waals surface area contributed by atoms with Gasteiger partial charge in [0.05, 0.1) is 22.4 Å². The Kier molecular flexibility index (Phi) is 6.84. The lowest BCUT2D eigenvalue weighted by molar-refractivity contribution is -0.153. The summed E-state index contributed by atoms with van der Waals surface area (Å²) in [5, 5.41) is -0.459. The van der Waals surface area contributed by atoms with Crippen molar-refractivity contribution in [2.24, 2.45) is 23.7 Å². The summed E-state index contributed by atoms with van der Waals surface area (Å²) in [6.07, 6.45) is 6.21. The van der Waals surface area contributed by atoms with E-state index in [2.05, 4.69) is 0 Å². The van der Waals surface area contributed by atoms with Gasteiger partial charge in [-0.1, -0.05) is 43.0 Å². The number of allylic oxidation sites excluding steroid dienone is 2. The number of piperidine rings is 1. The van der Waals surface area contributed by atoms with E-state index >= 15 is 0 Å². The Morgan fingerprint density at radius 3 is 2.62 bits per heavy atom. The number of alkyl halides is 3. The molecule has 1 saturated carbocycles. The highest BCUT2D eigenvalue weighted by atomic mass is 35.5. The molecule has 32 heavy (non-hydrogen) atoms. The van der Waals surface area contributed by atoms with Crippen LogP contribution in [-0.4, -0.2) is 29.9 Å². The lowest BCUT2D eigenvalue weighted by Crippen LogP contribution is -2.52. The second-order valence-electron chi connectivity index (χ2n) is 9.10. The molecule has 2 fully saturated rings. The average molecular weight is 470 g/mol. The zero-order valence-electron chi connectivity index (χ0n) is 17.7. The first-order valence-corrected chi connectivity index (χ1v) is 11.7. The minimum absolute atomic E-state index is 0.0368. The molecule has 1 aromatic carbocycles. The summed E-state index contributed by atoms with van der Waals surface area (Å²) >= 11 is 5.65. The van der Waals surface area contributed by atoms with Gasteiger partial charge in [0, 0.05) is 13.1 Å². The van der Waals surface area contributed by atoms with Crippen molar-refractivity contribution in [3.63, 3.8) is 0 Å². The highest BCUT2D eigenvalue weighted by molar-refractivity contribution is 6.31. The number of benzene rings is 1. The number of rotatable bonds is 4. The number of hydrogen-bond acceptors (Lipinski definition) is 3. The molecule has 2 aliphatic carbocycles. The topological polar surface area (TPSA) is 46.6 Å². The molecule has 0 unspecified atom stereocenters. The van der Waals surface area contributed by atoms with Gasteiger partial charge in [0.25, 0.3) is 0 Å². The van der Waals surface area contributed by atoms with Gasteiger partial charge in [-0.05, 0) is 55.7 Å². The number of fused-ring (bicyclic) bond motifs is 1. The number of carbonyl (C=O) groups excluding carboxylic acids is 2. The third-order valence-corrected chi connectivity index (χ3v) is 7.29. The number of ether oxygens (including phenoxy) is 1. The van der Waals surface area contributed by atoms with E-state index in [1.807, 2.05) is 17.1 Å². The van der Waals surface area contributed by atoms with Crippen molar-refractivity contribution in [2.45, 2.75) is 51.1 Å². The Morgan fingerprint density at radius 1 is 1.16 bits per heavy atom. The summed E-state index contributed by atoms with van der Waals surface area (Å²) in [7, 11) is 0. The number of halogens is 4. The van der Waals surface area contributed by atoms with Crippen molar-refractivity contribution in [1.82, 2.24) is 4.90 Å². The maximum Gasteiger partial charge on any atom is 0.417 e. The molecule has 0 spiro atoms. The summed E-state index contributed by atoms with van der Waals surface area (Å²) < 4.78 is 44.8. The predicted molar refractivity (Wildman–Crippen MR) is 114 cm³/mol. The molecule has 1 amide bonds. The molecule has 0 N–H and O–H groups in total. The Bertz CT molecular complexity index is 895. The largest absolute Gasteiger partial charge is 0.426 e. The van der Waals surface area contributed by atoms with E-state index in [-0.39, 0.29) is 17.6 Å². The Morgan fingerprint density at radius 2 is 1.91 bits per heavy atom. The normalized spacial score (nSPS) is 26.7. The molecular formula is C24H27ClF3NO3. The molecule has 1 saturated heterocycles. The minimum atomic E-state index is -4.66. The minimum Gasteiger partial charge on any atom is -0.426 e. The van der Waals surface area contributed by atoms with Crippen LogP contribution in [0, 0.1) is 23.7 Å². The smallest absolute Gasteiger partial charge is 0.417 e. The maximum absolute atomic E-state index is 13.3. The molecule has 1 aromatic rings. The van der Waals surface area contributed by atoms with E-state index < -0.39 is 34.6 Å². The van der Waals surface area contributed by atoms with Crippen molar-refractivity contribution in [1.29, 1.82) is 0 Å². The van der Waals surface area contributed by atoms with E-state index in [1.165, 1.54) is 25.3 Å². The van der Waals surface area contributed by atoms with Crippen LogP contribution in [0.4, 0.5) is 13.2 Å². The standard InChI is InChI=1S/C24H27ClF3NO3/c25-20-10-9-17(13-19(20)24(26,27)28)32-23(31)18-8-4-7-16-11-12-29(22(30)21(16)18)14-15-5-2-1-3-6-15/h4,7,9-10,13,15-16,18,21H,1-3,5-6,8,11-12,14H2/t16-,18-,21+/m0/s1. The third kappa shape index (κ3) is 4.98. The van der Waals surface area contributed by atoms with E-state index in [4.69, 9.17) is 16.3 Å². The van der Waals surface area contributed by atoms with Crippen LogP contribution < -0.4 is 4.74 Å². The van der Waals surface area contributed by atoms with Gasteiger partial charge in [-0.3, -0.25) is 9.59 Å². The van der Waals surface area contributed by atoms with Gasteiger partial charge in [-0.15, -0.1) is 0 Å². The van der Waals surface area contributed by atoms with Crippen LogP contribution in [0.1, 0.15) is 50.5 Å². The van der Waals surface area contributed by atoms with E-state index in [9.17, 15) is 22.8 Å². The summed E-state index contributed by atoms with van der Waals surface area (Å²) in [5.41, 5.74) is -1.06. The van der Waals surface area contributed by atoms with Gasteiger partial charge in [-0.2, -0.15) is 13.2 Å². The molecule has 3 aliphatic rings. The SMILES string of the molecule is O=C(Oc1ccc(Cl)c(C(F)(F)F)c1)[C@H]1CC=C[C@H]2CCN(CC3CCCCC3)C(=O)[C@@H]12. The Labute approximate surface area is 190 Å². The first-order chi connectivity index (χ1) is 15.2. The maximum atomic E-state index is 13.3. The predicted octanol–water partition coefficient (Wildman–Crippen LogP) is 5.89. The summed E-state index contributed by atoms with van der Waals surface area (Å²) in [6.45, 7) is 1.40. The summed E-state index contributed by atoms with van der Waals surface area (Å²) in [4.78, 5) is 28.2. The summed E-state index contributed by atoms with van der Waals surface area (Å²) in [5.74, 6) is -1.72. The van der Waals surface area contributed by atoms with Crippen LogP contribution >= 0.6 is 11.6 Å². The molecule has 4 nitrogen and oxygen atoms in total. The molecule has 1 aliphatic heterocycles. The van der Waals surface area contributed by atoms with Gasteiger partial charge in [0.15, 0.2) is 0 Å². The van der Waals surface area contributed by atoms with Crippen LogP contribution in [0.5, 0.6) is 5.75 Å². The highest BCUT2D eigenvalue weighted by Gasteiger charge is 2.45. The molecule has 0 radical (unpaired) electrons. The fourth-order valence-corrected chi connectivity index (χ4v) is 5.53. The van der Waals surface area contributed by atoms with Crippen LogP contribution in [0.3, 0.4) is 0 Å². The molecule has 174 valence electrons. The quantitative estimate of drug-likeness (QED) is 0.314. The third-order valence-electron chi connectivity index (χ3n) is 6.96. The Hall–Kier alpha value is -2.02.